The fraction of sp³-hybridized carbons (Fsp3) is 0.167. The highest BCUT2D eigenvalue weighted by molar-refractivity contribution is 7.86. The monoisotopic (exact) mass is 205 g/mol. The topological polar surface area (TPSA) is 81.7 Å². The van der Waals surface area contributed by atoms with Gasteiger partial charge in [-0.1, -0.05) is 0 Å². The maximum absolute atomic E-state index is 10.9. The fourth-order valence-electron chi connectivity index (χ4n) is 0.595. The van der Waals surface area contributed by atoms with Gasteiger partial charge in [0.05, 0.1) is 6.26 Å². The minimum atomic E-state index is -3.79. The van der Waals surface area contributed by atoms with Gasteiger partial charge < -0.3 is 9.02 Å². The third-order valence-corrected chi connectivity index (χ3v) is 1.46. The number of nitrogens with one attached hydrogen (secondary N) is 1. The van der Waals surface area contributed by atoms with E-state index in [0.717, 1.165) is 6.26 Å². The van der Waals surface area contributed by atoms with Crippen LogP contribution in [0.1, 0.15) is 0 Å². The Labute approximate surface area is 74.9 Å². The zero-order chi connectivity index (χ0) is 9.90. The van der Waals surface area contributed by atoms with Crippen molar-refractivity contribution in [2.24, 2.45) is 0 Å². The molecule has 0 aromatic rings. The lowest BCUT2D eigenvalue weighted by atomic mass is 10.4. The second-order valence-electron chi connectivity index (χ2n) is 2.18. The first-order chi connectivity index (χ1) is 5.99. The summed E-state index contributed by atoms with van der Waals surface area (Å²) in [6, 6.07) is 0. The molecule has 0 unspecified atom stereocenters. The number of hydrogen-bond acceptors (Lipinski definition) is 6. The molecule has 72 valence electrons. The molecule has 13 heavy (non-hydrogen) atoms. The van der Waals surface area contributed by atoms with Crippen molar-refractivity contribution in [3.63, 3.8) is 0 Å². The van der Waals surface area contributed by atoms with E-state index in [1.54, 1.807) is 0 Å². The Bertz CT molecular complexity index is 366. The standard InChI is InChI=1S/C6H7NO5S/c1-13(9,10)12-6(8)5-3-2-4-7-11-5/h2-4,7H,1H3. The van der Waals surface area contributed by atoms with Crippen LogP contribution in [0.15, 0.2) is 24.1 Å². The molecule has 1 N–H and O–H groups in total. The molecule has 0 fully saturated rings. The number of hydroxylamine groups is 1. The smallest absolute Gasteiger partial charge is 0.375 e. The van der Waals surface area contributed by atoms with Crippen LogP contribution in [0, 0.1) is 0 Å². The van der Waals surface area contributed by atoms with Gasteiger partial charge in [-0.25, -0.2) is 10.3 Å². The Morgan fingerprint density at radius 2 is 2.31 bits per heavy atom. The van der Waals surface area contributed by atoms with E-state index in [-0.39, 0.29) is 5.76 Å². The first-order valence-corrected chi connectivity index (χ1v) is 5.04. The van der Waals surface area contributed by atoms with Crippen LogP contribution < -0.4 is 5.48 Å². The fourth-order valence-corrected chi connectivity index (χ4v) is 0.952. The van der Waals surface area contributed by atoms with Gasteiger partial charge in [0.2, 0.25) is 5.76 Å². The van der Waals surface area contributed by atoms with Crippen LogP contribution in [-0.2, 0) is 23.9 Å². The Morgan fingerprint density at radius 1 is 1.62 bits per heavy atom. The molecule has 0 aliphatic carbocycles. The van der Waals surface area contributed by atoms with Gasteiger partial charge in [-0.15, -0.1) is 0 Å². The lowest BCUT2D eigenvalue weighted by Gasteiger charge is -2.09. The number of hydrogen-bond donors (Lipinski definition) is 1. The van der Waals surface area contributed by atoms with Crippen LogP contribution in [0.5, 0.6) is 0 Å². The minimum Gasteiger partial charge on any atom is -0.375 e. The summed E-state index contributed by atoms with van der Waals surface area (Å²) in [6.07, 6.45) is 4.96. The van der Waals surface area contributed by atoms with E-state index < -0.39 is 16.1 Å². The molecule has 6 nitrogen and oxygen atoms in total. The molecule has 7 heteroatoms. The van der Waals surface area contributed by atoms with Crippen LogP contribution in [0.25, 0.3) is 0 Å². The van der Waals surface area contributed by atoms with Crippen LogP contribution >= 0.6 is 0 Å². The zero-order valence-electron chi connectivity index (χ0n) is 6.68. The van der Waals surface area contributed by atoms with Crippen molar-refractivity contribution >= 4 is 16.1 Å². The maximum Gasteiger partial charge on any atom is 0.392 e. The van der Waals surface area contributed by atoms with E-state index >= 15 is 0 Å². The lowest BCUT2D eigenvalue weighted by molar-refractivity contribution is -0.134. The highest BCUT2D eigenvalue weighted by Gasteiger charge is 2.18. The molecule has 0 aromatic carbocycles. The van der Waals surface area contributed by atoms with Gasteiger partial charge in [0.1, 0.15) is 0 Å². The Hall–Kier alpha value is -1.50. The zero-order valence-corrected chi connectivity index (χ0v) is 7.50. The Kier molecular flexibility index (Phi) is 2.57. The van der Waals surface area contributed by atoms with Crippen LogP contribution in [0.4, 0.5) is 0 Å². The van der Waals surface area contributed by atoms with Gasteiger partial charge >= 0.3 is 16.1 Å². The molecule has 0 atom stereocenters. The van der Waals surface area contributed by atoms with Gasteiger partial charge in [-0.05, 0) is 12.2 Å². The van der Waals surface area contributed by atoms with Crippen molar-refractivity contribution in [1.82, 2.24) is 5.48 Å². The molecule has 1 aliphatic heterocycles. The summed E-state index contributed by atoms with van der Waals surface area (Å²) in [5.74, 6) is -1.27. The van der Waals surface area contributed by atoms with Gasteiger partial charge in [0.15, 0.2) is 0 Å². The Balaban J connectivity index is 2.68. The molecular weight excluding hydrogens is 198 g/mol. The molecule has 0 radical (unpaired) electrons. The van der Waals surface area contributed by atoms with Gasteiger partial charge in [0.25, 0.3) is 0 Å². The molecule has 1 heterocycles. The third kappa shape index (κ3) is 3.16. The second kappa shape index (κ2) is 3.48. The lowest BCUT2D eigenvalue weighted by Crippen LogP contribution is -2.20. The van der Waals surface area contributed by atoms with E-state index in [1.165, 1.54) is 18.4 Å². The maximum atomic E-state index is 10.9. The predicted octanol–water partition coefficient (Wildman–Crippen LogP) is -0.578. The summed E-state index contributed by atoms with van der Waals surface area (Å²) in [7, 11) is -3.79. The van der Waals surface area contributed by atoms with Crippen molar-refractivity contribution in [2.75, 3.05) is 6.26 Å². The summed E-state index contributed by atoms with van der Waals surface area (Å²) in [5, 5.41) is 0. The number of allylic oxidation sites excluding steroid dienone is 2. The molecule has 0 aromatic heterocycles. The van der Waals surface area contributed by atoms with Crippen molar-refractivity contribution in [3.8, 4) is 0 Å². The highest BCUT2D eigenvalue weighted by Crippen LogP contribution is 2.04. The first-order valence-electron chi connectivity index (χ1n) is 3.22. The predicted molar refractivity (Wildman–Crippen MR) is 42.4 cm³/mol. The number of carbonyl (C=O) groups is 1. The van der Waals surface area contributed by atoms with E-state index in [9.17, 15) is 13.2 Å². The molecule has 0 saturated heterocycles. The van der Waals surface area contributed by atoms with E-state index in [1.807, 2.05) is 0 Å². The second-order valence-corrected chi connectivity index (χ2v) is 3.76. The largest absolute Gasteiger partial charge is 0.392 e. The first kappa shape index (κ1) is 9.59. The average molecular weight is 205 g/mol. The van der Waals surface area contributed by atoms with Gasteiger partial charge in [-0.3, -0.25) is 0 Å². The van der Waals surface area contributed by atoms with Crippen molar-refractivity contribution in [1.29, 1.82) is 0 Å². The molecule has 0 bridgehead atoms. The van der Waals surface area contributed by atoms with Crippen LogP contribution in [0.3, 0.4) is 0 Å². The molecular formula is C6H7NO5S. The summed E-state index contributed by atoms with van der Waals surface area (Å²) >= 11 is 0. The van der Waals surface area contributed by atoms with Crippen LogP contribution in [0.2, 0.25) is 0 Å². The molecule has 0 saturated carbocycles. The highest BCUT2D eigenvalue weighted by atomic mass is 32.2. The van der Waals surface area contributed by atoms with Crippen molar-refractivity contribution in [2.45, 2.75) is 0 Å². The van der Waals surface area contributed by atoms with Crippen molar-refractivity contribution < 1.29 is 22.2 Å². The summed E-state index contributed by atoms with van der Waals surface area (Å²) in [5.41, 5.74) is 2.26. The summed E-state index contributed by atoms with van der Waals surface area (Å²) in [6.45, 7) is 0. The van der Waals surface area contributed by atoms with Crippen LogP contribution in [-0.4, -0.2) is 20.6 Å². The quantitative estimate of drug-likeness (QED) is 0.607. The van der Waals surface area contributed by atoms with Gasteiger partial charge in [-0.2, -0.15) is 8.42 Å². The molecule has 0 spiro atoms. The SMILES string of the molecule is CS(=O)(=O)OC(=O)C1=CC=CNO1. The Morgan fingerprint density at radius 3 is 2.77 bits per heavy atom. The summed E-state index contributed by atoms with van der Waals surface area (Å²) in [4.78, 5) is 15.5. The third-order valence-electron chi connectivity index (χ3n) is 1.01. The average Bonchev–Trinajstić information content (AvgIpc) is 2.03. The van der Waals surface area contributed by atoms with E-state index in [4.69, 9.17) is 0 Å². The van der Waals surface area contributed by atoms with Crippen molar-refractivity contribution in [3.05, 3.63) is 24.1 Å². The van der Waals surface area contributed by atoms with E-state index in [2.05, 4.69) is 14.5 Å². The van der Waals surface area contributed by atoms with E-state index in [0.29, 0.717) is 0 Å². The molecule has 0 amide bonds. The minimum absolute atomic E-state index is 0.215. The number of rotatable bonds is 2. The number of carbonyl (C=O) groups excluding carboxylic acids is 1. The summed E-state index contributed by atoms with van der Waals surface area (Å²) < 4.78 is 25.1. The normalized spacial score (nSPS) is 15.3. The van der Waals surface area contributed by atoms with Gasteiger partial charge in [0, 0.05) is 6.20 Å². The molecule has 1 aliphatic rings. The molecule has 1 rings (SSSR count).